The van der Waals surface area contributed by atoms with Crippen molar-refractivity contribution in [2.45, 2.75) is 13.5 Å². The summed E-state index contributed by atoms with van der Waals surface area (Å²) in [7, 11) is 0. The van der Waals surface area contributed by atoms with Crippen LogP contribution in [0.4, 0.5) is 5.82 Å². The maximum atomic E-state index is 11.2. The first-order valence-corrected chi connectivity index (χ1v) is 8.18. The van der Waals surface area contributed by atoms with Crippen molar-refractivity contribution in [2.75, 3.05) is 5.43 Å². The van der Waals surface area contributed by atoms with Gasteiger partial charge in [-0.25, -0.2) is 9.89 Å². The Bertz CT molecular complexity index is 970. The van der Waals surface area contributed by atoms with Gasteiger partial charge in [0.25, 0.3) is 0 Å². The van der Waals surface area contributed by atoms with Crippen LogP contribution in [0.2, 0.25) is 5.02 Å². The first-order chi connectivity index (χ1) is 12.6. The van der Waals surface area contributed by atoms with E-state index in [1.165, 1.54) is 0 Å². The van der Waals surface area contributed by atoms with Crippen LogP contribution in [0.1, 0.15) is 16.8 Å². The standard InChI is InChI=1S/C18H16ClN5O2/c1-12-17(21-18(25)24-22-12)23-20-10-14-4-2-3-5-16(14)26-11-13-6-8-15(19)9-7-13/h2-10H,11H2,1H3,(H2,21,23,24,25)/b20-10-. The molecular weight excluding hydrogens is 354 g/mol. The molecule has 3 rings (SSSR count). The van der Waals surface area contributed by atoms with E-state index in [1.54, 1.807) is 13.1 Å². The number of benzene rings is 2. The van der Waals surface area contributed by atoms with Crippen molar-refractivity contribution in [3.63, 3.8) is 0 Å². The Kier molecular flexibility index (Phi) is 5.60. The molecule has 132 valence electrons. The number of anilines is 1. The smallest absolute Gasteiger partial charge is 0.363 e. The van der Waals surface area contributed by atoms with E-state index in [0.717, 1.165) is 11.1 Å². The second-order valence-electron chi connectivity index (χ2n) is 5.40. The molecule has 0 fully saturated rings. The summed E-state index contributed by atoms with van der Waals surface area (Å²) in [5, 5.41) is 10.9. The van der Waals surface area contributed by atoms with E-state index < -0.39 is 5.69 Å². The first kappa shape index (κ1) is 17.6. The number of para-hydroxylation sites is 1. The largest absolute Gasteiger partial charge is 0.488 e. The number of rotatable bonds is 6. The van der Waals surface area contributed by atoms with Crippen LogP contribution in [-0.4, -0.2) is 21.4 Å². The van der Waals surface area contributed by atoms with Gasteiger partial charge in [-0.1, -0.05) is 35.9 Å². The fourth-order valence-electron chi connectivity index (χ4n) is 2.12. The van der Waals surface area contributed by atoms with Crippen LogP contribution >= 0.6 is 11.6 Å². The van der Waals surface area contributed by atoms with E-state index in [0.29, 0.717) is 28.9 Å². The number of hydrogen-bond acceptors (Lipinski definition) is 6. The zero-order chi connectivity index (χ0) is 18.4. The number of aromatic amines is 1. The predicted molar refractivity (Wildman–Crippen MR) is 101 cm³/mol. The maximum Gasteiger partial charge on any atom is 0.363 e. The van der Waals surface area contributed by atoms with Gasteiger partial charge in [-0.3, -0.25) is 5.43 Å². The summed E-state index contributed by atoms with van der Waals surface area (Å²) in [5.41, 5.74) is 4.50. The van der Waals surface area contributed by atoms with Gasteiger partial charge in [0.15, 0.2) is 5.82 Å². The van der Waals surface area contributed by atoms with Gasteiger partial charge in [0.1, 0.15) is 18.1 Å². The number of hydrazone groups is 1. The highest BCUT2D eigenvalue weighted by Crippen LogP contribution is 2.18. The summed E-state index contributed by atoms with van der Waals surface area (Å²) in [5.74, 6) is 0.978. The normalized spacial score (nSPS) is 10.8. The number of aromatic nitrogens is 3. The van der Waals surface area contributed by atoms with E-state index >= 15 is 0 Å². The number of nitrogens with zero attached hydrogens (tertiary/aromatic N) is 3. The van der Waals surface area contributed by atoms with Crippen molar-refractivity contribution >= 4 is 23.6 Å². The van der Waals surface area contributed by atoms with Gasteiger partial charge >= 0.3 is 5.69 Å². The lowest BCUT2D eigenvalue weighted by Crippen LogP contribution is -2.15. The molecule has 2 N–H and O–H groups in total. The lowest BCUT2D eigenvalue weighted by Gasteiger charge is -2.09. The Balaban J connectivity index is 1.69. The van der Waals surface area contributed by atoms with E-state index in [1.807, 2.05) is 48.5 Å². The van der Waals surface area contributed by atoms with Crippen molar-refractivity contribution in [1.82, 2.24) is 15.2 Å². The number of hydrogen-bond donors (Lipinski definition) is 2. The summed E-state index contributed by atoms with van der Waals surface area (Å²) in [6, 6.07) is 15.0. The second kappa shape index (κ2) is 8.26. The van der Waals surface area contributed by atoms with Crippen LogP contribution < -0.4 is 15.9 Å². The van der Waals surface area contributed by atoms with Crippen LogP contribution in [0, 0.1) is 6.92 Å². The molecule has 2 aromatic carbocycles. The third-order valence-corrected chi connectivity index (χ3v) is 3.73. The van der Waals surface area contributed by atoms with Gasteiger partial charge in [0.2, 0.25) is 0 Å². The van der Waals surface area contributed by atoms with Crippen LogP contribution in [-0.2, 0) is 6.61 Å². The summed E-state index contributed by atoms with van der Waals surface area (Å²) < 4.78 is 5.86. The quantitative estimate of drug-likeness (QED) is 0.514. The van der Waals surface area contributed by atoms with Gasteiger partial charge in [0, 0.05) is 10.6 Å². The van der Waals surface area contributed by atoms with Gasteiger partial charge in [-0.2, -0.15) is 15.2 Å². The van der Waals surface area contributed by atoms with E-state index in [2.05, 4.69) is 25.7 Å². The van der Waals surface area contributed by atoms with Crippen molar-refractivity contribution in [2.24, 2.45) is 5.10 Å². The molecule has 3 aromatic rings. The third kappa shape index (κ3) is 4.67. The summed E-state index contributed by atoms with van der Waals surface area (Å²) >= 11 is 5.89. The SMILES string of the molecule is Cc1n[nH]c(=O)nc1N/N=C\c1ccccc1OCc1ccc(Cl)cc1. The minimum absolute atomic E-state index is 0.296. The Hall–Kier alpha value is -3.19. The van der Waals surface area contributed by atoms with Gasteiger partial charge in [-0.15, -0.1) is 0 Å². The van der Waals surface area contributed by atoms with Crippen molar-refractivity contribution < 1.29 is 4.74 Å². The molecule has 7 nitrogen and oxygen atoms in total. The molecule has 0 aliphatic rings. The van der Waals surface area contributed by atoms with Crippen molar-refractivity contribution in [3.05, 3.63) is 80.9 Å². The van der Waals surface area contributed by atoms with E-state index in [9.17, 15) is 4.79 Å². The van der Waals surface area contributed by atoms with Gasteiger partial charge < -0.3 is 4.74 Å². The lowest BCUT2D eigenvalue weighted by molar-refractivity contribution is 0.306. The van der Waals surface area contributed by atoms with E-state index in [-0.39, 0.29) is 0 Å². The molecule has 0 radical (unpaired) electrons. The highest BCUT2D eigenvalue weighted by molar-refractivity contribution is 6.30. The molecule has 0 bridgehead atoms. The predicted octanol–water partition coefficient (Wildman–Crippen LogP) is 3.15. The number of nitrogens with one attached hydrogen (secondary N) is 2. The highest BCUT2D eigenvalue weighted by atomic mass is 35.5. The maximum absolute atomic E-state index is 11.2. The number of ether oxygens (including phenoxy) is 1. The third-order valence-electron chi connectivity index (χ3n) is 3.48. The first-order valence-electron chi connectivity index (χ1n) is 7.80. The highest BCUT2D eigenvalue weighted by Gasteiger charge is 2.03. The average molecular weight is 370 g/mol. The lowest BCUT2D eigenvalue weighted by atomic mass is 10.2. The van der Waals surface area contributed by atoms with Crippen molar-refractivity contribution in [3.8, 4) is 5.75 Å². The molecule has 0 spiro atoms. The molecule has 0 saturated heterocycles. The minimum Gasteiger partial charge on any atom is -0.488 e. The Morgan fingerprint density at radius 1 is 1.23 bits per heavy atom. The molecule has 0 atom stereocenters. The topological polar surface area (TPSA) is 92.3 Å². The molecule has 8 heteroatoms. The van der Waals surface area contributed by atoms with Crippen LogP contribution in [0.15, 0.2) is 58.4 Å². The second-order valence-corrected chi connectivity index (χ2v) is 5.83. The fourth-order valence-corrected chi connectivity index (χ4v) is 2.25. The van der Waals surface area contributed by atoms with Gasteiger partial charge in [0.05, 0.1) is 6.21 Å². The summed E-state index contributed by atoms with van der Waals surface area (Å²) in [6.45, 7) is 2.12. The Labute approximate surface area is 154 Å². The molecule has 0 aliphatic carbocycles. The van der Waals surface area contributed by atoms with Gasteiger partial charge in [-0.05, 0) is 36.8 Å². The molecule has 0 saturated carbocycles. The zero-order valence-electron chi connectivity index (χ0n) is 13.9. The zero-order valence-corrected chi connectivity index (χ0v) is 14.7. The molecule has 0 unspecified atom stereocenters. The molecule has 0 amide bonds. The average Bonchev–Trinajstić information content (AvgIpc) is 2.65. The number of halogens is 1. The molecule has 1 aromatic heterocycles. The summed E-state index contributed by atoms with van der Waals surface area (Å²) in [4.78, 5) is 15.0. The Morgan fingerprint density at radius 2 is 2.00 bits per heavy atom. The minimum atomic E-state index is -0.542. The van der Waals surface area contributed by atoms with Crippen molar-refractivity contribution in [1.29, 1.82) is 0 Å². The summed E-state index contributed by atoms with van der Waals surface area (Å²) in [6.07, 6.45) is 1.60. The van der Waals surface area contributed by atoms with Crippen LogP contribution in [0.25, 0.3) is 0 Å². The van der Waals surface area contributed by atoms with Crippen LogP contribution in [0.5, 0.6) is 5.75 Å². The molecular formula is C18H16ClN5O2. The number of H-pyrrole nitrogens is 1. The fraction of sp³-hybridized carbons (Fsp3) is 0.111. The number of aryl methyl sites for hydroxylation is 1. The monoisotopic (exact) mass is 369 g/mol. The molecule has 1 heterocycles. The Morgan fingerprint density at radius 3 is 2.81 bits per heavy atom. The molecule has 26 heavy (non-hydrogen) atoms. The van der Waals surface area contributed by atoms with E-state index in [4.69, 9.17) is 16.3 Å². The molecule has 0 aliphatic heterocycles. The van der Waals surface area contributed by atoms with Crippen LogP contribution in [0.3, 0.4) is 0 Å².